The van der Waals surface area contributed by atoms with Crippen molar-refractivity contribution < 1.29 is 19.4 Å². The molecule has 6 heteroatoms. The summed E-state index contributed by atoms with van der Waals surface area (Å²) in [6.07, 6.45) is 9.21. The number of esters is 1. The Morgan fingerprint density at radius 1 is 1.26 bits per heavy atom. The van der Waals surface area contributed by atoms with E-state index in [9.17, 15) is 9.59 Å². The molecule has 0 aliphatic heterocycles. The molecule has 27 heavy (non-hydrogen) atoms. The minimum absolute atomic E-state index is 0.266. The first-order valence-electron chi connectivity index (χ1n) is 8.56. The fourth-order valence-corrected chi connectivity index (χ4v) is 3.12. The molecule has 0 radical (unpaired) electrons. The molecule has 0 bridgehead atoms. The lowest BCUT2D eigenvalue weighted by Gasteiger charge is -2.05. The van der Waals surface area contributed by atoms with Crippen LogP contribution in [0.5, 0.6) is 0 Å². The first-order chi connectivity index (χ1) is 13.1. The molecule has 138 valence electrons. The number of carbonyl (C=O) groups is 2. The van der Waals surface area contributed by atoms with E-state index < -0.39 is 5.97 Å². The van der Waals surface area contributed by atoms with Gasteiger partial charge in [-0.3, -0.25) is 9.78 Å². The molecule has 3 rings (SSSR count). The van der Waals surface area contributed by atoms with Gasteiger partial charge in [0.2, 0.25) is 0 Å². The van der Waals surface area contributed by atoms with Crippen LogP contribution in [0.4, 0.5) is 0 Å². The number of aryl methyl sites for hydroxylation is 1. The molecule has 0 fully saturated rings. The maximum atomic E-state index is 11.5. The molecule has 2 aromatic heterocycles. The van der Waals surface area contributed by atoms with Gasteiger partial charge in [-0.25, -0.2) is 4.79 Å². The monoisotopic (exact) mass is 364 g/mol. The highest BCUT2D eigenvalue weighted by atomic mass is 16.5. The molecule has 1 N–H and O–H groups in total. The highest BCUT2D eigenvalue weighted by Gasteiger charge is 2.13. The van der Waals surface area contributed by atoms with Crippen LogP contribution in [0.15, 0.2) is 55.0 Å². The van der Waals surface area contributed by atoms with E-state index in [-0.39, 0.29) is 12.4 Å². The van der Waals surface area contributed by atoms with Gasteiger partial charge in [0.25, 0.3) is 0 Å². The topological polar surface area (TPSA) is 81.4 Å². The Kier molecular flexibility index (Phi) is 5.66. The molecule has 0 aliphatic rings. The lowest BCUT2D eigenvalue weighted by Crippen LogP contribution is -2.06. The quantitative estimate of drug-likeness (QED) is 0.514. The predicted octanol–water partition coefficient (Wildman–Crippen LogP) is 3.29. The summed E-state index contributed by atoms with van der Waals surface area (Å²) in [5, 5.41) is 9.95. The molecule has 6 nitrogen and oxygen atoms in total. The Bertz CT molecular complexity index is 990. The second-order valence-corrected chi connectivity index (χ2v) is 6.12. The zero-order valence-corrected chi connectivity index (χ0v) is 15.0. The van der Waals surface area contributed by atoms with Gasteiger partial charge in [0, 0.05) is 48.5 Å². The first-order valence-corrected chi connectivity index (χ1v) is 8.56. The number of hydrogen-bond acceptors (Lipinski definition) is 4. The van der Waals surface area contributed by atoms with Crippen LogP contribution in [0.2, 0.25) is 0 Å². The van der Waals surface area contributed by atoms with Gasteiger partial charge in [-0.15, -0.1) is 0 Å². The molecule has 0 aliphatic carbocycles. The van der Waals surface area contributed by atoms with E-state index in [4.69, 9.17) is 9.84 Å². The number of pyridine rings is 1. The summed E-state index contributed by atoms with van der Waals surface area (Å²) in [5.74, 6) is -1.27. The van der Waals surface area contributed by atoms with Gasteiger partial charge < -0.3 is 14.4 Å². The van der Waals surface area contributed by atoms with E-state index in [0.29, 0.717) is 13.0 Å². The fourth-order valence-electron chi connectivity index (χ4n) is 3.12. The lowest BCUT2D eigenvalue weighted by molar-refractivity contribution is -0.140. The van der Waals surface area contributed by atoms with Gasteiger partial charge in [-0.2, -0.15) is 0 Å². The number of methoxy groups -OCH3 is 1. The van der Waals surface area contributed by atoms with Gasteiger partial charge in [0.15, 0.2) is 0 Å². The number of aliphatic carboxylic acids is 1. The van der Waals surface area contributed by atoms with Gasteiger partial charge >= 0.3 is 11.9 Å². The number of rotatable bonds is 7. The minimum Gasteiger partial charge on any atom is -0.478 e. The number of fused-ring (bicyclic) bond motifs is 1. The highest BCUT2D eigenvalue weighted by molar-refractivity contribution is 5.95. The molecule has 2 heterocycles. The third-order valence-electron chi connectivity index (χ3n) is 4.32. The van der Waals surface area contributed by atoms with Crippen molar-refractivity contribution in [1.82, 2.24) is 9.55 Å². The van der Waals surface area contributed by atoms with Crippen LogP contribution in [0.25, 0.3) is 17.0 Å². The summed E-state index contributed by atoms with van der Waals surface area (Å²) >= 11 is 0. The number of carboxylic acids is 1. The standard InChI is InChI=1S/C21H20N2O4/c1-27-20(26)9-11-23-14-17(12-15-4-3-10-22-13-15)21-16(7-8-19(24)25)5-2-6-18(21)23/h2-8,10,13-14H,9,11-12H2,1H3,(H,24,25)/b8-7+. The zero-order chi connectivity index (χ0) is 19.2. The van der Waals surface area contributed by atoms with E-state index in [2.05, 4.69) is 4.98 Å². The molecular weight excluding hydrogens is 344 g/mol. The molecule has 1 aromatic carbocycles. The SMILES string of the molecule is COC(=O)CCn1cc(Cc2cccnc2)c2c(/C=C/C(=O)O)cccc21. The van der Waals surface area contributed by atoms with Crippen molar-refractivity contribution in [2.45, 2.75) is 19.4 Å². The molecule has 3 aromatic rings. The molecule has 0 spiro atoms. The maximum absolute atomic E-state index is 11.5. The number of carboxylic acid groups (broad SMARTS) is 1. The summed E-state index contributed by atoms with van der Waals surface area (Å²) in [7, 11) is 1.37. The summed E-state index contributed by atoms with van der Waals surface area (Å²) in [6.45, 7) is 0.488. The number of carbonyl (C=O) groups excluding carboxylic acids is 1. The number of hydrogen-bond donors (Lipinski definition) is 1. The largest absolute Gasteiger partial charge is 0.478 e. The van der Waals surface area contributed by atoms with Crippen molar-refractivity contribution in [1.29, 1.82) is 0 Å². The number of benzene rings is 1. The van der Waals surface area contributed by atoms with E-state index in [1.54, 1.807) is 12.3 Å². The summed E-state index contributed by atoms with van der Waals surface area (Å²) < 4.78 is 6.75. The van der Waals surface area contributed by atoms with E-state index >= 15 is 0 Å². The fraction of sp³-hybridized carbons (Fsp3) is 0.190. The number of aromatic nitrogens is 2. The van der Waals surface area contributed by atoms with E-state index in [1.807, 2.05) is 47.3 Å². The van der Waals surface area contributed by atoms with Crippen LogP contribution in [0.3, 0.4) is 0 Å². The average molecular weight is 364 g/mol. The summed E-state index contributed by atoms with van der Waals surface area (Å²) in [6, 6.07) is 9.63. The molecule has 0 saturated carbocycles. The Hall–Kier alpha value is -3.41. The average Bonchev–Trinajstić information content (AvgIpc) is 3.03. The van der Waals surface area contributed by atoms with Crippen molar-refractivity contribution >= 4 is 28.9 Å². The van der Waals surface area contributed by atoms with Crippen molar-refractivity contribution in [2.75, 3.05) is 7.11 Å². The number of ether oxygens (including phenoxy) is 1. The van der Waals surface area contributed by atoms with Crippen molar-refractivity contribution in [2.24, 2.45) is 0 Å². The zero-order valence-electron chi connectivity index (χ0n) is 15.0. The van der Waals surface area contributed by atoms with Gasteiger partial charge in [0.05, 0.1) is 13.5 Å². The van der Waals surface area contributed by atoms with Gasteiger partial charge in [-0.1, -0.05) is 18.2 Å². The third-order valence-corrected chi connectivity index (χ3v) is 4.32. The highest BCUT2D eigenvalue weighted by Crippen LogP contribution is 2.28. The minimum atomic E-state index is -0.995. The molecular formula is C21H20N2O4. The maximum Gasteiger partial charge on any atom is 0.328 e. The van der Waals surface area contributed by atoms with Crippen molar-refractivity contribution in [3.63, 3.8) is 0 Å². The van der Waals surface area contributed by atoms with Crippen LogP contribution >= 0.6 is 0 Å². The van der Waals surface area contributed by atoms with Gasteiger partial charge in [-0.05, 0) is 34.9 Å². The predicted molar refractivity (Wildman–Crippen MR) is 102 cm³/mol. The molecule has 0 saturated heterocycles. The summed E-state index contributed by atoms with van der Waals surface area (Å²) in [5.41, 5.74) is 3.88. The second kappa shape index (κ2) is 8.31. The Balaban J connectivity index is 2.07. The van der Waals surface area contributed by atoms with Crippen molar-refractivity contribution in [3.05, 3.63) is 71.7 Å². The molecule has 0 atom stereocenters. The third kappa shape index (κ3) is 4.41. The van der Waals surface area contributed by atoms with Crippen LogP contribution in [0, 0.1) is 0 Å². The van der Waals surface area contributed by atoms with Crippen molar-refractivity contribution in [3.8, 4) is 0 Å². The Morgan fingerprint density at radius 3 is 2.81 bits per heavy atom. The summed E-state index contributed by atoms with van der Waals surface area (Å²) in [4.78, 5) is 26.7. The molecule has 0 amide bonds. The van der Waals surface area contributed by atoms with Crippen LogP contribution in [0.1, 0.15) is 23.1 Å². The van der Waals surface area contributed by atoms with Crippen LogP contribution in [-0.4, -0.2) is 33.7 Å². The van der Waals surface area contributed by atoms with Crippen LogP contribution < -0.4 is 0 Å². The lowest BCUT2D eigenvalue weighted by atomic mass is 10.0. The first kappa shape index (κ1) is 18.4. The normalized spacial score (nSPS) is 11.1. The Morgan fingerprint density at radius 2 is 2.11 bits per heavy atom. The number of nitrogens with zero attached hydrogens (tertiary/aromatic N) is 2. The van der Waals surface area contributed by atoms with Crippen LogP contribution in [-0.2, 0) is 27.3 Å². The van der Waals surface area contributed by atoms with E-state index in [0.717, 1.165) is 33.7 Å². The molecule has 0 unspecified atom stereocenters. The smallest absolute Gasteiger partial charge is 0.328 e. The van der Waals surface area contributed by atoms with E-state index in [1.165, 1.54) is 7.11 Å². The van der Waals surface area contributed by atoms with Gasteiger partial charge in [0.1, 0.15) is 0 Å². The second-order valence-electron chi connectivity index (χ2n) is 6.12. The Labute approximate surface area is 156 Å².